The Balaban J connectivity index is 1.84. The molecular formula is C14H23N5O2. The van der Waals surface area contributed by atoms with Crippen molar-refractivity contribution in [2.24, 2.45) is 5.92 Å². The summed E-state index contributed by atoms with van der Waals surface area (Å²) in [5, 5.41) is 9.27. The average Bonchev–Trinajstić information content (AvgIpc) is 3.34. The van der Waals surface area contributed by atoms with E-state index in [1.165, 1.54) is 6.33 Å². The Hall–Kier alpha value is -2.05. The number of aromatic nitrogens is 2. The van der Waals surface area contributed by atoms with E-state index in [1.807, 2.05) is 0 Å². The molecule has 1 amide bonds. The van der Waals surface area contributed by atoms with Crippen LogP contribution < -0.4 is 20.7 Å². The Morgan fingerprint density at radius 2 is 1.90 bits per heavy atom. The second-order valence-corrected chi connectivity index (χ2v) is 5.02. The van der Waals surface area contributed by atoms with Gasteiger partial charge in [-0.2, -0.15) is 0 Å². The lowest BCUT2D eigenvalue weighted by Crippen LogP contribution is -2.30. The highest BCUT2D eigenvalue weighted by Gasteiger charge is 2.28. The fourth-order valence-corrected chi connectivity index (χ4v) is 1.92. The van der Waals surface area contributed by atoms with Gasteiger partial charge in [0.25, 0.3) is 0 Å². The van der Waals surface area contributed by atoms with Crippen LogP contribution in [0.4, 0.5) is 11.6 Å². The number of carbonyl (C=O) groups excluding carboxylic acids is 1. The van der Waals surface area contributed by atoms with E-state index in [-0.39, 0.29) is 11.8 Å². The minimum Gasteiger partial charge on any atom is -0.490 e. The summed E-state index contributed by atoms with van der Waals surface area (Å²) in [6.45, 7) is 4.08. The predicted molar refractivity (Wildman–Crippen MR) is 81.6 cm³/mol. The summed E-state index contributed by atoms with van der Waals surface area (Å²) in [5.74, 6) is 2.30. The van der Waals surface area contributed by atoms with Crippen molar-refractivity contribution in [3.63, 3.8) is 0 Å². The molecule has 1 saturated carbocycles. The number of ether oxygens (including phenoxy) is 1. The number of methoxy groups -OCH3 is 1. The van der Waals surface area contributed by atoms with Gasteiger partial charge in [0, 0.05) is 25.6 Å². The molecule has 7 heteroatoms. The highest BCUT2D eigenvalue weighted by atomic mass is 16.5. The fourth-order valence-electron chi connectivity index (χ4n) is 1.92. The number of nitrogens with one attached hydrogen (secondary N) is 3. The quantitative estimate of drug-likeness (QED) is 0.594. The van der Waals surface area contributed by atoms with Crippen molar-refractivity contribution in [2.75, 3.05) is 37.4 Å². The van der Waals surface area contributed by atoms with Gasteiger partial charge in [-0.05, 0) is 19.3 Å². The van der Waals surface area contributed by atoms with E-state index in [1.54, 1.807) is 7.11 Å². The predicted octanol–water partition coefficient (Wildman–Crippen LogP) is 1.25. The number of nitrogens with zero attached hydrogens (tertiary/aromatic N) is 2. The SMILES string of the molecule is CCCNc1ncnc(NCCNC(=O)C2CC2)c1OC. The summed E-state index contributed by atoms with van der Waals surface area (Å²) in [6.07, 6.45) is 4.53. The zero-order valence-electron chi connectivity index (χ0n) is 12.6. The number of amides is 1. The Morgan fingerprint density at radius 1 is 1.24 bits per heavy atom. The molecule has 0 unspecified atom stereocenters. The van der Waals surface area contributed by atoms with Crippen molar-refractivity contribution in [1.82, 2.24) is 15.3 Å². The van der Waals surface area contributed by atoms with Gasteiger partial charge in [-0.3, -0.25) is 4.79 Å². The summed E-state index contributed by atoms with van der Waals surface area (Å²) >= 11 is 0. The largest absolute Gasteiger partial charge is 0.490 e. The number of anilines is 2. The van der Waals surface area contributed by atoms with E-state index in [9.17, 15) is 4.79 Å². The van der Waals surface area contributed by atoms with Crippen molar-refractivity contribution in [2.45, 2.75) is 26.2 Å². The third-order valence-corrected chi connectivity index (χ3v) is 3.22. The highest BCUT2D eigenvalue weighted by molar-refractivity contribution is 5.80. The lowest BCUT2D eigenvalue weighted by Gasteiger charge is -2.14. The molecule has 0 aromatic carbocycles. The van der Waals surface area contributed by atoms with Crippen LogP contribution in [0.5, 0.6) is 5.75 Å². The Morgan fingerprint density at radius 3 is 2.48 bits per heavy atom. The van der Waals surface area contributed by atoms with Gasteiger partial charge in [-0.1, -0.05) is 6.92 Å². The molecule has 1 fully saturated rings. The van der Waals surface area contributed by atoms with Crippen LogP contribution in [0.3, 0.4) is 0 Å². The molecule has 1 aromatic heterocycles. The minimum absolute atomic E-state index is 0.150. The van der Waals surface area contributed by atoms with Crippen molar-refractivity contribution in [3.8, 4) is 5.75 Å². The third kappa shape index (κ3) is 4.47. The second kappa shape index (κ2) is 7.66. The van der Waals surface area contributed by atoms with Crippen LogP contribution in [0.2, 0.25) is 0 Å². The van der Waals surface area contributed by atoms with E-state index in [0.717, 1.165) is 25.8 Å². The molecule has 0 atom stereocenters. The summed E-state index contributed by atoms with van der Waals surface area (Å²) in [4.78, 5) is 19.9. The van der Waals surface area contributed by atoms with Gasteiger partial charge in [0.05, 0.1) is 7.11 Å². The maximum absolute atomic E-state index is 11.5. The van der Waals surface area contributed by atoms with Crippen LogP contribution in [0, 0.1) is 5.92 Å². The number of hydrogen-bond acceptors (Lipinski definition) is 6. The molecule has 0 radical (unpaired) electrons. The van der Waals surface area contributed by atoms with E-state index in [2.05, 4.69) is 32.8 Å². The molecule has 0 bridgehead atoms. The maximum atomic E-state index is 11.5. The van der Waals surface area contributed by atoms with Crippen LogP contribution in [0.15, 0.2) is 6.33 Å². The number of rotatable bonds is 9. The zero-order valence-corrected chi connectivity index (χ0v) is 12.6. The molecule has 2 rings (SSSR count). The smallest absolute Gasteiger partial charge is 0.223 e. The Labute approximate surface area is 124 Å². The lowest BCUT2D eigenvalue weighted by molar-refractivity contribution is -0.122. The Bertz CT molecular complexity index is 476. The van der Waals surface area contributed by atoms with Gasteiger partial charge in [0.15, 0.2) is 11.6 Å². The minimum atomic E-state index is 0.150. The van der Waals surface area contributed by atoms with E-state index >= 15 is 0 Å². The van der Waals surface area contributed by atoms with Crippen LogP contribution in [0.25, 0.3) is 0 Å². The van der Waals surface area contributed by atoms with E-state index < -0.39 is 0 Å². The Kier molecular flexibility index (Phi) is 5.59. The maximum Gasteiger partial charge on any atom is 0.223 e. The van der Waals surface area contributed by atoms with E-state index in [0.29, 0.717) is 30.5 Å². The first kappa shape index (κ1) is 15.3. The van der Waals surface area contributed by atoms with Gasteiger partial charge < -0.3 is 20.7 Å². The highest BCUT2D eigenvalue weighted by Crippen LogP contribution is 2.29. The topological polar surface area (TPSA) is 88.2 Å². The molecule has 0 spiro atoms. The first-order valence-corrected chi connectivity index (χ1v) is 7.40. The monoisotopic (exact) mass is 293 g/mol. The normalized spacial score (nSPS) is 13.6. The summed E-state index contributed by atoms with van der Waals surface area (Å²) < 4.78 is 5.36. The fraction of sp³-hybridized carbons (Fsp3) is 0.643. The number of hydrogen-bond donors (Lipinski definition) is 3. The van der Waals surface area contributed by atoms with Crippen LogP contribution in [-0.4, -0.2) is 42.6 Å². The van der Waals surface area contributed by atoms with Crippen molar-refractivity contribution in [3.05, 3.63) is 6.33 Å². The van der Waals surface area contributed by atoms with Crippen LogP contribution >= 0.6 is 0 Å². The average molecular weight is 293 g/mol. The molecule has 1 aliphatic rings. The number of carbonyl (C=O) groups is 1. The molecule has 21 heavy (non-hydrogen) atoms. The van der Waals surface area contributed by atoms with Crippen LogP contribution in [-0.2, 0) is 4.79 Å². The zero-order chi connectivity index (χ0) is 15.1. The summed E-state index contributed by atoms with van der Waals surface area (Å²) in [5.41, 5.74) is 0. The molecule has 3 N–H and O–H groups in total. The standard InChI is InChI=1S/C14H23N5O2/c1-3-6-15-12-11(21-2)13(19-9-18-12)16-7-8-17-14(20)10-4-5-10/h9-10H,3-8H2,1-2H3,(H,17,20)(H2,15,16,18,19). The molecule has 1 heterocycles. The molecule has 1 aliphatic carbocycles. The van der Waals surface area contributed by atoms with Crippen LogP contribution in [0.1, 0.15) is 26.2 Å². The van der Waals surface area contributed by atoms with Gasteiger partial charge >= 0.3 is 0 Å². The van der Waals surface area contributed by atoms with Crippen molar-refractivity contribution < 1.29 is 9.53 Å². The summed E-state index contributed by atoms with van der Waals surface area (Å²) in [6, 6.07) is 0. The molecule has 0 saturated heterocycles. The molecule has 0 aliphatic heterocycles. The molecule has 116 valence electrons. The summed E-state index contributed by atoms with van der Waals surface area (Å²) in [7, 11) is 1.59. The molecule has 1 aromatic rings. The molecule has 7 nitrogen and oxygen atoms in total. The van der Waals surface area contributed by atoms with E-state index in [4.69, 9.17) is 4.74 Å². The molecular weight excluding hydrogens is 270 g/mol. The van der Waals surface area contributed by atoms with Gasteiger partial charge in [-0.25, -0.2) is 9.97 Å². The first-order chi connectivity index (χ1) is 10.3. The lowest BCUT2D eigenvalue weighted by atomic mass is 10.4. The van der Waals surface area contributed by atoms with Crippen molar-refractivity contribution in [1.29, 1.82) is 0 Å². The van der Waals surface area contributed by atoms with Gasteiger partial charge in [0.2, 0.25) is 11.7 Å². The first-order valence-electron chi connectivity index (χ1n) is 7.40. The van der Waals surface area contributed by atoms with Crippen molar-refractivity contribution >= 4 is 17.5 Å². The van der Waals surface area contributed by atoms with Gasteiger partial charge in [-0.15, -0.1) is 0 Å². The third-order valence-electron chi connectivity index (χ3n) is 3.22. The second-order valence-electron chi connectivity index (χ2n) is 5.02. The van der Waals surface area contributed by atoms with Gasteiger partial charge in [0.1, 0.15) is 6.33 Å².